The number of phenols is 1. The number of carboxylic acids is 2. The summed E-state index contributed by atoms with van der Waals surface area (Å²) >= 11 is 0. The molecular weight excluding hydrogens is 1640 g/mol. The van der Waals surface area contributed by atoms with Crippen molar-refractivity contribution in [3.8, 4) is 5.75 Å². The van der Waals surface area contributed by atoms with Gasteiger partial charge in [0.15, 0.2) is 0 Å². The predicted octanol–water partition coefficient (Wildman–Crippen LogP) is -4.06. The molecule has 1 aliphatic rings. The molecule has 126 heavy (non-hydrogen) atoms. The molecule has 1 fully saturated rings. The lowest BCUT2D eigenvalue weighted by Gasteiger charge is -2.32. The van der Waals surface area contributed by atoms with E-state index in [4.69, 9.17) is 28.7 Å². The summed E-state index contributed by atoms with van der Waals surface area (Å²) in [4.78, 5) is 270. The molecule has 2 aromatic carbocycles. The smallest absolute Gasteiger partial charge is 0.326 e. The van der Waals surface area contributed by atoms with E-state index in [9.17, 15) is 106 Å². The summed E-state index contributed by atoms with van der Waals surface area (Å²) in [6.07, 6.45) is -0.878. The zero-order chi connectivity index (χ0) is 94.4. The van der Waals surface area contributed by atoms with Crippen molar-refractivity contribution in [3.05, 3.63) is 83.9 Å². The van der Waals surface area contributed by atoms with Gasteiger partial charge in [-0.1, -0.05) is 118 Å². The molecule has 696 valence electrons. The highest BCUT2D eigenvalue weighted by atomic mass is 16.4. The minimum Gasteiger partial charge on any atom is -0.508 e. The number of carbonyl (C=O) groups excluding carboxylic acids is 17. The molecule has 27 N–H and O–H groups in total. The Morgan fingerprint density at radius 1 is 0.460 bits per heavy atom. The van der Waals surface area contributed by atoms with Gasteiger partial charge in [0.05, 0.1) is 19.3 Å². The van der Waals surface area contributed by atoms with E-state index >= 15 is 0 Å². The number of aromatic nitrogens is 2. The van der Waals surface area contributed by atoms with E-state index in [0.717, 1.165) is 0 Å². The van der Waals surface area contributed by atoms with Crippen molar-refractivity contribution >= 4 is 112 Å². The van der Waals surface area contributed by atoms with Crippen molar-refractivity contribution in [2.45, 2.75) is 263 Å². The number of nitrogens with two attached hydrogens (primary N) is 5. The number of aromatic amines is 1. The average Bonchev–Trinajstić information content (AvgIpc) is 1.64. The van der Waals surface area contributed by atoms with Crippen molar-refractivity contribution in [2.24, 2.45) is 58.3 Å². The third-order valence-electron chi connectivity index (χ3n) is 20.9. The summed E-state index contributed by atoms with van der Waals surface area (Å²) in [6.45, 7) is 15.4. The molecule has 1 aromatic heterocycles. The van der Waals surface area contributed by atoms with Crippen LogP contribution in [0.25, 0.3) is 0 Å². The molecule has 0 saturated carbocycles. The molecule has 1 saturated heterocycles. The van der Waals surface area contributed by atoms with Crippen molar-refractivity contribution in [1.29, 1.82) is 0 Å². The number of phenolic OH excluding ortho intramolecular Hbond substituents is 1. The summed E-state index contributed by atoms with van der Waals surface area (Å²) in [7, 11) is 0. The molecule has 0 unspecified atom stereocenters. The first-order valence-electron chi connectivity index (χ1n) is 42.1. The number of H-pyrrole nitrogens is 1. The molecule has 3 aromatic rings. The quantitative estimate of drug-likeness (QED) is 0.0239. The first-order valence-corrected chi connectivity index (χ1v) is 42.1. The number of hydrogen-bond acceptors (Lipinski definition) is 23. The standard InChI is InChI=1S/C83H127N21O22/c1-11-46(10)69(81(123)99-59(83(125)126)36-47-18-13-12-14-19-47)103-77(119)60-21-17-33-104(60)82(124)58(37-49-40-89-41-90-49)98-71(113)52(26-29-61(86)106)92-70(112)51(20-15-16-32-84)93-78(120)66(43(4)5)100-72(114)53(27-30-62(87)107)94-79(121)67(44(6)7)101-73(115)54(28-31-63(88)108)95-80(122)68(45(8)9)102-76(118)56(35-48-22-24-50(105)25-23-48)97-74(116)55(34-42(2)3)96-75(117)57(38-65(110)111)91-64(109)39-85/h12-14,18-19,22-25,40-46,51-60,66-69,105H,11,15-17,20-21,26-39,84-85H2,1-10H3,(H2,86,106)(H2,87,107)(H2,88,108)(H,89,90)(H,91,109)(H,92,112)(H,93,120)(H,94,121)(H,95,122)(H,96,117)(H,97,116)(H,98,113)(H,99,123)(H,100,114)(H,101,115)(H,102,118)(H,103,119)(H,110,111)(H,125,126)/t46-,51-,52-,53-,54-,55-,56-,57-,58-,59-,60-,66-,67-,68-,69-/m0/s1. The van der Waals surface area contributed by atoms with E-state index in [0.29, 0.717) is 36.1 Å². The largest absolute Gasteiger partial charge is 0.508 e. The summed E-state index contributed by atoms with van der Waals surface area (Å²) in [5.74, 6) is -22.6. The van der Waals surface area contributed by atoms with Crippen molar-refractivity contribution in [2.75, 3.05) is 19.6 Å². The van der Waals surface area contributed by atoms with Gasteiger partial charge >= 0.3 is 11.9 Å². The number of amides is 17. The van der Waals surface area contributed by atoms with Gasteiger partial charge in [-0.05, 0) is 117 Å². The second kappa shape index (κ2) is 52.8. The minimum atomic E-state index is -1.72. The summed E-state index contributed by atoms with van der Waals surface area (Å²) < 4.78 is 0. The van der Waals surface area contributed by atoms with E-state index in [1.165, 1.54) is 83.2 Å². The van der Waals surface area contributed by atoms with E-state index in [-0.39, 0.29) is 69.7 Å². The maximum Gasteiger partial charge on any atom is 0.326 e. The van der Waals surface area contributed by atoms with E-state index in [1.54, 1.807) is 58.0 Å². The molecule has 1 aliphatic heterocycles. The number of benzene rings is 2. The highest BCUT2D eigenvalue weighted by Gasteiger charge is 2.43. The lowest BCUT2D eigenvalue weighted by molar-refractivity contribution is -0.144. The minimum absolute atomic E-state index is 0.000999. The average molecular weight is 1770 g/mol. The normalized spacial score (nSPS) is 15.8. The number of rotatable bonds is 56. The number of carboxylic acid groups (broad SMARTS) is 2. The number of unbranched alkanes of at least 4 members (excludes halogenated alkanes) is 1. The summed E-state index contributed by atoms with van der Waals surface area (Å²) in [5.41, 5.74) is 29.3. The van der Waals surface area contributed by atoms with Gasteiger partial charge in [-0.2, -0.15) is 0 Å². The molecule has 43 heteroatoms. The molecule has 2 heterocycles. The highest BCUT2D eigenvalue weighted by molar-refractivity contribution is 6.01. The molecule has 0 bridgehead atoms. The Balaban J connectivity index is 1.60. The maximum atomic E-state index is 14.9. The fourth-order valence-corrected chi connectivity index (χ4v) is 13.7. The van der Waals surface area contributed by atoms with Gasteiger partial charge in [0, 0.05) is 57.0 Å². The van der Waals surface area contributed by atoms with Crippen molar-refractivity contribution < 1.29 is 106 Å². The number of carbonyl (C=O) groups is 19. The predicted molar refractivity (Wildman–Crippen MR) is 455 cm³/mol. The zero-order valence-corrected chi connectivity index (χ0v) is 72.8. The zero-order valence-electron chi connectivity index (χ0n) is 72.8. The first kappa shape index (κ1) is 106. The Morgan fingerprint density at radius 3 is 1.31 bits per heavy atom. The molecule has 43 nitrogen and oxygen atoms in total. The van der Waals surface area contributed by atoms with Gasteiger partial charge in [-0.15, -0.1) is 0 Å². The Labute approximate surface area is 730 Å². The number of hydrogen-bond donors (Lipinski definition) is 22. The highest BCUT2D eigenvalue weighted by Crippen LogP contribution is 2.23. The lowest BCUT2D eigenvalue weighted by Crippen LogP contribution is -2.62. The van der Waals surface area contributed by atoms with Gasteiger partial charge in [0.1, 0.15) is 90.3 Å². The third-order valence-corrected chi connectivity index (χ3v) is 20.9. The number of nitrogens with one attached hydrogen (secondary N) is 14. The van der Waals surface area contributed by atoms with Crippen LogP contribution in [0.2, 0.25) is 0 Å². The fourth-order valence-electron chi connectivity index (χ4n) is 13.7. The van der Waals surface area contributed by atoms with Crippen LogP contribution in [-0.4, -0.2) is 247 Å². The van der Waals surface area contributed by atoms with Crippen LogP contribution in [-0.2, 0) is 110 Å². The SMILES string of the molecule is CC[C@H](C)[C@H](NC(=O)[C@@H]1CCCN1C(=O)[C@H](Cc1cnc[nH]1)NC(=O)[C@H](CCC(N)=O)NC(=O)[C@H](CCCCN)NC(=O)[C@@H](NC(=O)[C@H](CCC(N)=O)NC(=O)[C@@H](NC(=O)[C@H](CCC(N)=O)NC(=O)[C@@H](NC(=O)[C@H](Cc1ccc(O)cc1)NC(=O)[C@H](CC(C)C)NC(=O)[C@H](CC(=O)O)NC(=O)CN)C(C)C)C(C)C)C(C)C)C(=O)N[C@@H](Cc1ccccc1)C(=O)O. The number of likely N-dealkylation sites (tertiary alicyclic amines) is 1. The van der Waals surface area contributed by atoms with Crippen LogP contribution >= 0.6 is 0 Å². The number of imidazole rings is 1. The molecular formula is C83H127N21O22. The molecule has 0 radical (unpaired) electrons. The second-order valence-electron chi connectivity index (χ2n) is 32.8. The van der Waals surface area contributed by atoms with Crippen LogP contribution in [0.15, 0.2) is 67.1 Å². The number of nitrogens with zero attached hydrogens (tertiary/aromatic N) is 2. The van der Waals surface area contributed by atoms with E-state index in [1.807, 2.05) is 0 Å². The molecule has 15 atom stereocenters. The fraction of sp³-hybridized carbons (Fsp3) is 0.590. The number of aliphatic carboxylic acids is 2. The van der Waals surface area contributed by atoms with Crippen LogP contribution in [0.5, 0.6) is 5.75 Å². The second-order valence-corrected chi connectivity index (χ2v) is 32.8. The van der Waals surface area contributed by atoms with Gasteiger partial charge in [0.25, 0.3) is 0 Å². The summed E-state index contributed by atoms with van der Waals surface area (Å²) in [5, 5.41) is 62.8. The topological polar surface area (TPSA) is 703 Å². The van der Waals surface area contributed by atoms with Gasteiger partial charge < -0.3 is 123 Å². The Morgan fingerprint density at radius 2 is 0.873 bits per heavy atom. The van der Waals surface area contributed by atoms with Gasteiger partial charge in [-0.3, -0.25) is 86.3 Å². The molecule has 0 spiro atoms. The molecule has 4 rings (SSSR count). The number of aromatic hydroxyl groups is 1. The van der Waals surface area contributed by atoms with E-state index in [2.05, 4.69) is 79.1 Å². The van der Waals surface area contributed by atoms with Crippen molar-refractivity contribution in [1.82, 2.24) is 84.0 Å². The Hall–Kier alpha value is -12.7. The van der Waals surface area contributed by atoms with Gasteiger partial charge in [-0.25, -0.2) is 9.78 Å². The van der Waals surface area contributed by atoms with Crippen LogP contribution in [0.4, 0.5) is 0 Å². The first-order chi connectivity index (χ1) is 59.4. The Kier molecular flexibility index (Phi) is 44.3. The molecule has 17 amide bonds. The summed E-state index contributed by atoms with van der Waals surface area (Å²) in [6, 6.07) is -7.36. The monoisotopic (exact) mass is 1770 g/mol. The van der Waals surface area contributed by atoms with Crippen LogP contribution in [0.1, 0.15) is 176 Å². The van der Waals surface area contributed by atoms with Crippen molar-refractivity contribution in [3.63, 3.8) is 0 Å². The maximum absolute atomic E-state index is 14.9. The van der Waals surface area contributed by atoms with Crippen LogP contribution in [0, 0.1) is 29.6 Å². The molecule has 0 aliphatic carbocycles. The van der Waals surface area contributed by atoms with Crippen LogP contribution < -0.4 is 97.8 Å². The van der Waals surface area contributed by atoms with Gasteiger partial charge in [0.2, 0.25) is 100 Å². The Bertz CT molecular complexity index is 4230. The third kappa shape index (κ3) is 35.9. The van der Waals surface area contributed by atoms with Crippen LogP contribution in [0.3, 0.4) is 0 Å². The lowest BCUT2D eigenvalue weighted by atomic mass is 9.96. The number of primary amides is 3. The van der Waals surface area contributed by atoms with E-state index < -0.39 is 272 Å².